The second-order valence-corrected chi connectivity index (χ2v) is 7.07. The highest BCUT2D eigenvalue weighted by Crippen LogP contribution is 2.28. The Kier molecular flexibility index (Phi) is 4.84. The van der Waals surface area contributed by atoms with Crippen LogP contribution in [-0.2, 0) is 11.8 Å². The third-order valence-corrected chi connectivity index (χ3v) is 4.58. The van der Waals surface area contributed by atoms with Crippen LogP contribution in [0.1, 0.15) is 42.1 Å². The molecule has 2 N–H and O–H groups in total. The SMILES string of the molecule is Cc1nc(-c2cnn(C)c2)sc1C(=O)NC(C)(C)CCC(=O)O. The van der Waals surface area contributed by atoms with E-state index in [-0.39, 0.29) is 12.3 Å². The fourth-order valence-electron chi connectivity index (χ4n) is 2.11. The molecule has 0 aliphatic rings. The highest BCUT2D eigenvalue weighted by atomic mass is 32.1. The molecule has 2 heterocycles. The summed E-state index contributed by atoms with van der Waals surface area (Å²) < 4.78 is 1.68. The zero-order chi connectivity index (χ0) is 17.2. The minimum atomic E-state index is -0.875. The molecule has 0 unspecified atom stereocenters. The van der Waals surface area contributed by atoms with E-state index in [4.69, 9.17) is 5.11 Å². The Labute approximate surface area is 138 Å². The lowest BCUT2D eigenvalue weighted by atomic mass is 9.98. The van der Waals surface area contributed by atoms with Crippen molar-refractivity contribution < 1.29 is 14.7 Å². The zero-order valence-electron chi connectivity index (χ0n) is 13.6. The minimum Gasteiger partial charge on any atom is -0.481 e. The van der Waals surface area contributed by atoms with Crippen LogP contribution in [0.4, 0.5) is 0 Å². The highest BCUT2D eigenvalue weighted by molar-refractivity contribution is 7.17. The van der Waals surface area contributed by atoms with E-state index in [2.05, 4.69) is 15.4 Å². The number of hydrogen-bond donors (Lipinski definition) is 2. The van der Waals surface area contributed by atoms with Gasteiger partial charge in [-0.25, -0.2) is 4.98 Å². The van der Waals surface area contributed by atoms with Crippen LogP contribution in [0.3, 0.4) is 0 Å². The van der Waals surface area contributed by atoms with Gasteiger partial charge in [0.05, 0.1) is 11.9 Å². The number of rotatable bonds is 6. The molecule has 0 spiro atoms. The van der Waals surface area contributed by atoms with Crippen LogP contribution in [-0.4, -0.2) is 37.3 Å². The molecule has 0 bridgehead atoms. The molecule has 0 saturated carbocycles. The third kappa shape index (κ3) is 4.38. The molecule has 23 heavy (non-hydrogen) atoms. The maximum Gasteiger partial charge on any atom is 0.303 e. The summed E-state index contributed by atoms with van der Waals surface area (Å²) in [6, 6.07) is 0. The molecule has 0 aliphatic heterocycles. The number of amides is 1. The zero-order valence-corrected chi connectivity index (χ0v) is 14.4. The number of carbonyl (C=O) groups excluding carboxylic acids is 1. The van der Waals surface area contributed by atoms with Crippen molar-refractivity contribution >= 4 is 23.2 Å². The van der Waals surface area contributed by atoms with Gasteiger partial charge < -0.3 is 10.4 Å². The van der Waals surface area contributed by atoms with Gasteiger partial charge in [-0.1, -0.05) is 0 Å². The van der Waals surface area contributed by atoms with Crippen molar-refractivity contribution in [3.63, 3.8) is 0 Å². The number of aromatic nitrogens is 3. The van der Waals surface area contributed by atoms with Gasteiger partial charge >= 0.3 is 5.97 Å². The van der Waals surface area contributed by atoms with Crippen molar-refractivity contribution in [3.8, 4) is 10.6 Å². The quantitative estimate of drug-likeness (QED) is 0.843. The van der Waals surface area contributed by atoms with E-state index in [1.807, 2.05) is 27.1 Å². The van der Waals surface area contributed by atoms with Crippen LogP contribution < -0.4 is 5.32 Å². The normalized spacial score (nSPS) is 11.5. The number of thiazole rings is 1. The number of nitrogens with one attached hydrogen (secondary N) is 1. The van der Waals surface area contributed by atoms with Gasteiger partial charge in [0.1, 0.15) is 9.88 Å². The summed E-state index contributed by atoms with van der Waals surface area (Å²) in [7, 11) is 1.82. The van der Waals surface area contributed by atoms with E-state index in [1.54, 1.807) is 17.8 Å². The molecule has 124 valence electrons. The summed E-state index contributed by atoms with van der Waals surface area (Å²) in [6.45, 7) is 5.41. The molecule has 0 aliphatic carbocycles. The van der Waals surface area contributed by atoms with E-state index in [0.717, 1.165) is 10.6 Å². The van der Waals surface area contributed by atoms with E-state index in [9.17, 15) is 9.59 Å². The van der Waals surface area contributed by atoms with Crippen LogP contribution in [0.5, 0.6) is 0 Å². The van der Waals surface area contributed by atoms with Crippen LogP contribution in [0.15, 0.2) is 12.4 Å². The van der Waals surface area contributed by atoms with E-state index < -0.39 is 11.5 Å². The van der Waals surface area contributed by atoms with Gasteiger partial charge in [0, 0.05) is 30.8 Å². The van der Waals surface area contributed by atoms with Crippen LogP contribution in [0.2, 0.25) is 0 Å². The maximum absolute atomic E-state index is 12.5. The first-order chi connectivity index (χ1) is 10.7. The molecular weight excluding hydrogens is 316 g/mol. The molecule has 0 saturated heterocycles. The number of carbonyl (C=O) groups is 2. The van der Waals surface area contributed by atoms with Gasteiger partial charge in [-0.2, -0.15) is 5.10 Å². The summed E-state index contributed by atoms with van der Waals surface area (Å²) in [5, 5.41) is 16.5. The lowest BCUT2D eigenvalue weighted by Gasteiger charge is -2.25. The Balaban J connectivity index is 2.13. The van der Waals surface area contributed by atoms with Crippen molar-refractivity contribution in [1.29, 1.82) is 0 Å². The van der Waals surface area contributed by atoms with Crippen LogP contribution in [0, 0.1) is 6.92 Å². The molecule has 2 rings (SSSR count). The number of nitrogens with zero attached hydrogens (tertiary/aromatic N) is 3. The number of aryl methyl sites for hydroxylation is 2. The monoisotopic (exact) mass is 336 g/mol. The Morgan fingerprint density at radius 1 is 1.43 bits per heavy atom. The van der Waals surface area contributed by atoms with E-state index >= 15 is 0 Å². The van der Waals surface area contributed by atoms with Crippen molar-refractivity contribution in [2.45, 2.75) is 39.2 Å². The lowest BCUT2D eigenvalue weighted by molar-refractivity contribution is -0.137. The summed E-state index contributed by atoms with van der Waals surface area (Å²) in [6.07, 6.45) is 3.92. The van der Waals surface area contributed by atoms with Gasteiger partial charge in [-0.05, 0) is 27.2 Å². The average molecular weight is 336 g/mol. The van der Waals surface area contributed by atoms with Crippen LogP contribution in [0.25, 0.3) is 10.6 Å². The molecule has 0 aromatic carbocycles. The first-order valence-electron chi connectivity index (χ1n) is 7.19. The predicted octanol–water partition coefficient (Wildman–Crippen LogP) is 2.23. The van der Waals surface area contributed by atoms with E-state index in [0.29, 0.717) is 17.0 Å². The van der Waals surface area contributed by atoms with Crippen LogP contribution >= 0.6 is 11.3 Å². The second kappa shape index (κ2) is 6.49. The highest BCUT2D eigenvalue weighted by Gasteiger charge is 2.25. The minimum absolute atomic E-state index is 0.00981. The van der Waals surface area contributed by atoms with Gasteiger partial charge in [0.2, 0.25) is 0 Å². The number of carboxylic acids is 1. The Hall–Kier alpha value is -2.22. The van der Waals surface area contributed by atoms with Gasteiger partial charge in [-0.3, -0.25) is 14.3 Å². The maximum atomic E-state index is 12.5. The molecule has 0 fully saturated rings. The Bertz CT molecular complexity index is 733. The first kappa shape index (κ1) is 17.1. The van der Waals surface area contributed by atoms with Crippen molar-refractivity contribution in [2.24, 2.45) is 7.05 Å². The van der Waals surface area contributed by atoms with E-state index in [1.165, 1.54) is 11.3 Å². The molecule has 2 aromatic heterocycles. The van der Waals surface area contributed by atoms with Crippen molar-refractivity contribution in [3.05, 3.63) is 23.0 Å². The largest absolute Gasteiger partial charge is 0.481 e. The average Bonchev–Trinajstić information content (AvgIpc) is 3.02. The fraction of sp³-hybridized carbons (Fsp3) is 0.467. The second-order valence-electron chi connectivity index (χ2n) is 6.07. The molecule has 1 amide bonds. The summed E-state index contributed by atoms with van der Waals surface area (Å²) in [5.41, 5.74) is 0.922. The molecule has 8 heteroatoms. The summed E-state index contributed by atoms with van der Waals surface area (Å²) >= 11 is 1.31. The van der Waals surface area contributed by atoms with Gasteiger partial charge in [0.25, 0.3) is 5.91 Å². The number of carboxylic acid groups (broad SMARTS) is 1. The molecule has 2 aromatic rings. The number of aliphatic carboxylic acids is 1. The first-order valence-corrected chi connectivity index (χ1v) is 8.00. The Morgan fingerprint density at radius 3 is 2.70 bits per heavy atom. The van der Waals surface area contributed by atoms with Gasteiger partial charge in [-0.15, -0.1) is 11.3 Å². The summed E-state index contributed by atoms with van der Waals surface area (Å²) in [5.74, 6) is -1.11. The third-order valence-electron chi connectivity index (χ3n) is 3.37. The smallest absolute Gasteiger partial charge is 0.303 e. The lowest BCUT2D eigenvalue weighted by Crippen LogP contribution is -2.43. The predicted molar refractivity (Wildman–Crippen MR) is 87.5 cm³/mol. The molecular formula is C15H20N4O3S. The topological polar surface area (TPSA) is 97.1 Å². The fourth-order valence-corrected chi connectivity index (χ4v) is 3.04. The molecule has 0 atom stereocenters. The standard InChI is InChI=1S/C15H20N4O3S/c1-9-12(13(22)18-15(2,3)6-5-11(20)21)23-14(17-9)10-7-16-19(4)8-10/h7-8H,5-6H2,1-4H3,(H,18,22)(H,20,21). The molecule has 7 nitrogen and oxygen atoms in total. The van der Waals surface area contributed by atoms with Crippen molar-refractivity contribution in [1.82, 2.24) is 20.1 Å². The van der Waals surface area contributed by atoms with Gasteiger partial charge in [0.15, 0.2) is 0 Å². The summed E-state index contributed by atoms with van der Waals surface area (Å²) in [4.78, 5) is 28.1. The molecule has 0 radical (unpaired) electrons. The van der Waals surface area contributed by atoms with Crippen molar-refractivity contribution in [2.75, 3.05) is 0 Å². The Morgan fingerprint density at radius 2 is 2.13 bits per heavy atom. The number of hydrogen-bond acceptors (Lipinski definition) is 5.